The maximum absolute atomic E-state index is 8.78. The molecule has 1 aliphatic rings. The number of nitrogens with one attached hydrogen (secondary N) is 1. The van der Waals surface area contributed by atoms with Gasteiger partial charge in [-0.15, -0.1) is 0 Å². The van der Waals surface area contributed by atoms with Gasteiger partial charge in [0.1, 0.15) is 0 Å². The highest BCUT2D eigenvalue weighted by atomic mass is 15.1. The lowest BCUT2D eigenvalue weighted by molar-refractivity contribution is 0.179. The normalized spacial score (nSPS) is 25.6. The van der Waals surface area contributed by atoms with Gasteiger partial charge in [0, 0.05) is 13.1 Å². The Morgan fingerprint density at radius 2 is 2.43 bits per heavy atom. The van der Waals surface area contributed by atoms with Crippen LogP contribution in [0.4, 0.5) is 0 Å². The average molecular weight is 195 g/mol. The van der Waals surface area contributed by atoms with Crippen molar-refractivity contribution < 1.29 is 0 Å². The highest BCUT2D eigenvalue weighted by Gasteiger charge is 2.16. The van der Waals surface area contributed by atoms with Crippen molar-refractivity contribution in [2.24, 2.45) is 5.92 Å². The van der Waals surface area contributed by atoms with Crippen LogP contribution in [0.5, 0.6) is 0 Å². The molecule has 2 unspecified atom stereocenters. The van der Waals surface area contributed by atoms with E-state index in [1.54, 1.807) is 0 Å². The zero-order chi connectivity index (χ0) is 10.4. The number of hydrogen-bond donors (Lipinski definition) is 1. The molecule has 2 atom stereocenters. The lowest BCUT2D eigenvalue weighted by Gasteiger charge is -2.31. The topological polar surface area (TPSA) is 39.1 Å². The van der Waals surface area contributed by atoms with Crippen LogP contribution in [-0.2, 0) is 0 Å². The Morgan fingerprint density at radius 1 is 1.64 bits per heavy atom. The van der Waals surface area contributed by atoms with Gasteiger partial charge in [-0.3, -0.25) is 0 Å². The maximum Gasteiger partial charge on any atom is 0.0962 e. The molecule has 1 heterocycles. The van der Waals surface area contributed by atoms with E-state index in [0.29, 0.717) is 0 Å². The first-order valence-electron chi connectivity index (χ1n) is 5.55. The first-order chi connectivity index (χ1) is 6.76. The van der Waals surface area contributed by atoms with Crippen molar-refractivity contribution in [1.82, 2.24) is 10.2 Å². The van der Waals surface area contributed by atoms with Crippen LogP contribution in [0.25, 0.3) is 0 Å². The van der Waals surface area contributed by atoms with E-state index in [0.717, 1.165) is 18.9 Å². The van der Waals surface area contributed by atoms with Crippen LogP contribution in [-0.4, -0.2) is 37.6 Å². The highest BCUT2D eigenvalue weighted by Crippen LogP contribution is 2.15. The number of rotatable bonds is 4. The van der Waals surface area contributed by atoms with Gasteiger partial charge in [0.25, 0.3) is 0 Å². The molecule has 3 nitrogen and oxygen atoms in total. The van der Waals surface area contributed by atoms with Crippen LogP contribution >= 0.6 is 0 Å². The Balaban J connectivity index is 2.20. The van der Waals surface area contributed by atoms with E-state index >= 15 is 0 Å². The van der Waals surface area contributed by atoms with Crippen molar-refractivity contribution in [2.75, 3.05) is 26.7 Å². The molecule has 0 spiro atoms. The van der Waals surface area contributed by atoms with Crippen molar-refractivity contribution >= 4 is 0 Å². The van der Waals surface area contributed by atoms with Crippen molar-refractivity contribution in [3.63, 3.8) is 0 Å². The quantitative estimate of drug-likeness (QED) is 0.733. The molecule has 1 rings (SSSR count). The van der Waals surface area contributed by atoms with E-state index < -0.39 is 0 Å². The molecular weight excluding hydrogens is 174 g/mol. The Hall–Kier alpha value is -0.590. The predicted octanol–water partition coefficient (Wildman–Crippen LogP) is 1.22. The van der Waals surface area contributed by atoms with E-state index in [2.05, 4.69) is 23.2 Å². The lowest BCUT2D eigenvalue weighted by Crippen LogP contribution is -2.37. The number of nitriles is 1. The van der Waals surface area contributed by atoms with Crippen molar-refractivity contribution in [3.05, 3.63) is 0 Å². The van der Waals surface area contributed by atoms with Gasteiger partial charge in [-0.25, -0.2) is 0 Å². The minimum Gasteiger partial charge on any atom is -0.305 e. The van der Waals surface area contributed by atoms with Crippen LogP contribution < -0.4 is 5.32 Å². The van der Waals surface area contributed by atoms with Gasteiger partial charge in [-0.1, -0.05) is 6.92 Å². The van der Waals surface area contributed by atoms with E-state index in [-0.39, 0.29) is 6.04 Å². The second-order valence-electron chi connectivity index (χ2n) is 4.31. The summed E-state index contributed by atoms with van der Waals surface area (Å²) in [6.45, 7) is 5.80. The molecule has 1 aliphatic heterocycles. The summed E-state index contributed by atoms with van der Waals surface area (Å²) in [5.74, 6) is 0.832. The summed E-state index contributed by atoms with van der Waals surface area (Å²) < 4.78 is 0. The molecule has 1 N–H and O–H groups in total. The fourth-order valence-electron chi connectivity index (χ4n) is 2.07. The van der Waals surface area contributed by atoms with Crippen LogP contribution in [0.1, 0.15) is 26.2 Å². The molecule has 0 bridgehead atoms. The van der Waals surface area contributed by atoms with Crippen LogP contribution in [0, 0.1) is 17.2 Å². The first kappa shape index (κ1) is 11.5. The summed E-state index contributed by atoms with van der Waals surface area (Å²) in [4.78, 5) is 2.48. The van der Waals surface area contributed by atoms with Gasteiger partial charge >= 0.3 is 0 Å². The summed E-state index contributed by atoms with van der Waals surface area (Å²) in [6, 6.07) is 2.29. The Bertz CT molecular complexity index is 197. The fourth-order valence-corrected chi connectivity index (χ4v) is 2.07. The number of piperidine rings is 1. The summed E-state index contributed by atoms with van der Waals surface area (Å²) in [7, 11) is 1.85. The van der Waals surface area contributed by atoms with Gasteiger partial charge in [0.2, 0.25) is 0 Å². The monoisotopic (exact) mass is 195 g/mol. The molecule has 80 valence electrons. The molecule has 0 aromatic heterocycles. The van der Waals surface area contributed by atoms with E-state index in [1.807, 2.05) is 7.05 Å². The summed E-state index contributed by atoms with van der Waals surface area (Å²) in [6.07, 6.45) is 3.63. The Labute approximate surface area is 87.1 Å². The molecule has 0 aliphatic carbocycles. The largest absolute Gasteiger partial charge is 0.305 e. The molecule has 0 saturated carbocycles. The highest BCUT2D eigenvalue weighted by molar-refractivity contribution is 4.89. The summed E-state index contributed by atoms with van der Waals surface area (Å²) >= 11 is 0. The molecule has 0 aromatic rings. The third-order valence-corrected chi connectivity index (χ3v) is 2.98. The molecule has 14 heavy (non-hydrogen) atoms. The van der Waals surface area contributed by atoms with Crippen molar-refractivity contribution in [1.29, 1.82) is 5.26 Å². The van der Waals surface area contributed by atoms with E-state index in [1.165, 1.54) is 25.9 Å². The summed E-state index contributed by atoms with van der Waals surface area (Å²) in [5.41, 5.74) is 0. The second kappa shape index (κ2) is 6.00. The minimum absolute atomic E-state index is 0.0206. The number of hydrogen-bond acceptors (Lipinski definition) is 3. The van der Waals surface area contributed by atoms with Gasteiger partial charge in [0.05, 0.1) is 12.1 Å². The fraction of sp³-hybridized carbons (Fsp3) is 0.909. The first-order valence-corrected chi connectivity index (χ1v) is 5.55. The molecule has 0 radical (unpaired) electrons. The number of nitrogens with zero attached hydrogens (tertiary/aromatic N) is 2. The van der Waals surface area contributed by atoms with Gasteiger partial charge in [0.15, 0.2) is 0 Å². The molecule has 1 saturated heterocycles. The zero-order valence-corrected chi connectivity index (χ0v) is 9.29. The SMILES string of the molecule is CNC(C#N)CCN1CCCC(C)C1. The minimum atomic E-state index is 0.0206. The van der Waals surface area contributed by atoms with Crippen molar-refractivity contribution in [3.8, 4) is 6.07 Å². The molecule has 1 fully saturated rings. The van der Waals surface area contributed by atoms with E-state index in [9.17, 15) is 0 Å². The third-order valence-electron chi connectivity index (χ3n) is 2.98. The number of likely N-dealkylation sites (tertiary alicyclic amines) is 1. The van der Waals surface area contributed by atoms with Crippen LogP contribution in [0.2, 0.25) is 0 Å². The molecular formula is C11H21N3. The van der Waals surface area contributed by atoms with Gasteiger partial charge < -0.3 is 10.2 Å². The second-order valence-corrected chi connectivity index (χ2v) is 4.31. The molecule has 0 amide bonds. The maximum atomic E-state index is 8.78. The standard InChI is InChI=1S/C11H21N3/c1-10-4-3-6-14(9-10)7-5-11(8-12)13-2/h10-11,13H,3-7,9H2,1-2H3. The van der Waals surface area contributed by atoms with Gasteiger partial charge in [-0.05, 0) is 38.8 Å². The Kier molecular flexibility index (Phi) is 4.92. The molecule has 3 heteroatoms. The van der Waals surface area contributed by atoms with Crippen LogP contribution in [0.3, 0.4) is 0 Å². The smallest absolute Gasteiger partial charge is 0.0962 e. The Morgan fingerprint density at radius 3 is 3.00 bits per heavy atom. The summed E-state index contributed by atoms with van der Waals surface area (Å²) in [5, 5.41) is 11.8. The predicted molar refractivity (Wildman–Crippen MR) is 57.9 cm³/mol. The third kappa shape index (κ3) is 3.65. The molecule has 0 aromatic carbocycles. The van der Waals surface area contributed by atoms with Crippen LogP contribution in [0.15, 0.2) is 0 Å². The van der Waals surface area contributed by atoms with E-state index in [4.69, 9.17) is 5.26 Å². The average Bonchev–Trinajstić information content (AvgIpc) is 2.19. The zero-order valence-electron chi connectivity index (χ0n) is 9.29. The van der Waals surface area contributed by atoms with Crippen molar-refractivity contribution in [2.45, 2.75) is 32.2 Å². The lowest BCUT2D eigenvalue weighted by atomic mass is 10.00. The van der Waals surface area contributed by atoms with Gasteiger partial charge in [-0.2, -0.15) is 5.26 Å².